The van der Waals surface area contributed by atoms with Crippen molar-refractivity contribution in [3.8, 4) is 6.07 Å². The predicted octanol–water partition coefficient (Wildman–Crippen LogP) is 1.70. The number of carbonyl (C=O) groups is 1. The molecule has 1 N–H and O–H groups in total. The Hall–Kier alpha value is -2.72. The Morgan fingerprint density at radius 1 is 1.19 bits per heavy atom. The van der Waals surface area contributed by atoms with Gasteiger partial charge in [0.1, 0.15) is 11.9 Å². The summed E-state index contributed by atoms with van der Waals surface area (Å²) in [5.41, 5.74) is 1.83. The Morgan fingerprint density at radius 3 is 2.74 bits per heavy atom. The molecule has 1 aromatic carbocycles. The molecule has 2 aliphatic heterocycles. The van der Waals surface area contributed by atoms with E-state index in [1.54, 1.807) is 4.90 Å². The van der Waals surface area contributed by atoms with Crippen LogP contribution in [-0.2, 0) is 4.79 Å². The number of para-hydroxylation sites is 2. The molecule has 2 aliphatic rings. The largest absolute Gasteiger partial charge is 0.355 e. The summed E-state index contributed by atoms with van der Waals surface area (Å²) in [7, 11) is 0. The molecule has 1 aromatic heterocycles. The van der Waals surface area contributed by atoms with Crippen LogP contribution in [0.1, 0.15) is 25.7 Å². The zero-order valence-electron chi connectivity index (χ0n) is 15.3. The number of piperidine rings is 1. The number of nitrogens with one attached hydrogen (secondary N) is 1. The fourth-order valence-corrected chi connectivity index (χ4v) is 3.95. The molecule has 0 aliphatic carbocycles. The minimum atomic E-state index is -0.243. The molecule has 2 saturated heterocycles. The lowest BCUT2D eigenvalue weighted by Gasteiger charge is -2.33. The summed E-state index contributed by atoms with van der Waals surface area (Å²) < 4.78 is 0. The summed E-state index contributed by atoms with van der Waals surface area (Å²) in [5, 5.41) is 12.5. The number of likely N-dealkylation sites (tertiary alicyclic amines) is 1. The van der Waals surface area contributed by atoms with E-state index in [1.807, 2.05) is 30.5 Å². The van der Waals surface area contributed by atoms with Gasteiger partial charge in [0.25, 0.3) is 0 Å². The smallest absolute Gasteiger partial charge is 0.237 e. The number of hydrogen-bond acceptors (Lipinski definition) is 6. The van der Waals surface area contributed by atoms with E-state index in [0.717, 1.165) is 55.6 Å². The van der Waals surface area contributed by atoms with E-state index in [2.05, 4.69) is 21.3 Å². The number of carbonyl (C=O) groups excluding carboxylic acids is 1. The van der Waals surface area contributed by atoms with Crippen molar-refractivity contribution in [3.63, 3.8) is 0 Å². The number of fused-ring (bicyclic) bond motifs is 1. The van der Waals surface area contributed by atoms with Crippen LogP contribution < -0.4 is 10.2 Å². The summed E-state index contributed by atoms with van der Waals surface area (Å²) in [5.74, 6) is 0.957. The zero-order chi connectivity index (χ0) is 18.6. The Bertz CT molecular complexity index is 855. The van der Waals surface area contributed by atoms with Crippen LogP contribution >= 0.6 is 0 Å². The van der Waals surface area contributed by atoms with Crippen LogP contribution in [0.3, 0.4) is 0 Å². The average Bonchev–Trinajstić information content (AvgIpc) is 3.21. The molecule has 4 rings (SSSR count). The minimum absolute atomic E-state index is 0.0434. The van der Waals surface area contributed by atoms with Crippen LogP contribution in [0.15, 0.2) is 30.5 Å². The van der Waals surface area contributed by atoms with Gasteiger partial charge in [0.05, 0.1) is 29.8 Å². The van der Waals surface area contributed by atoms with Gasteiger partial charge in [-0.3, -0.25) is 9.78 Å². The number of aromatic nitrogens is 2. The van der Waals surface area contributed by atoms with E-state index in [0.29, 0.717) is 19.1 Å². The first-order valence-corrected chi connectivity index (χ1v) is 9.64. The second kappa shape index (κ2) is 7.89. The summed E-state index contributed by atoms with van der Waals surface area (Å²) in [6.45, 7) is 2.81. The number of benzene rings is 1. The molecule has 2 aromatic rings. The number of anilines is 1. The highest BCUT2D eigenvalue weighted by Crippen LogP contribution is 2.20. The number of nitriles is 1. The number of nitrogens with zero attached hydrogens (tertiary/aromatic N) is 5. The van der Waals surface area contributed by atoms with Crippen molar-refractivity contribution in [2.45, 2.75) is 37.8 Å². The van der Waals surface area contributed by atoms with Crippen molar-refractivity contribution >= 4 is 22.8 Å². The first kappa shape index (κ1) is 17.7. The first-order valence-electron chi connectivity index (χ1n) is 9.64. The zero-order valence-corrected chi connectivity index (χ0v) is 15.3. The molecule has 27 heavy (non-hydrogen) atoms. The molecule has 0 unspecified atom stereocenters. The summed E-state index contributed by atoms with van der Waals surface area (Å²) in [4.78, 5) is 25.5. The van der Waals surface area contributed by atoms with Gasteiger partial charge in [-0.2, -0.15) is 5.26 Å². The van der Waals surface area contributed by atoms with E-state index in [9.17, 15) is 4.79 Å². The van der Waals surface area contributed by atoms with E-state index >= 15 is 0 Å². The monoisotopic (exact) mass is 364 g/mol. The Balaban J connectivity index is 1.28. The van der Waals surface area contributed by atoms with Crippen molar-refractivity contribution < 1.29 is 4.79 Å². The highest BCUT2D eigenvalue weighted by molar-refractivity contribution is 5.79. The quantitative estimate of drug-likeness (QED) is 0.889. The molecule has 0 spiro atoms. The molecule has 7 heteroatoms. The third-order valence-corrected chi connectivity index (χ3v) is 5.52. The maximum Gasteiger partial charge on any atom is 0.237 e. The Labute approximate surface area is 159 Å². The van der Waals surface area contributed by atoms with Gasteiger partial charge in [0.2, 0.25) is 5.91 Å². The van der Waals surface area contributed by atoms with Crippen LogP contribution in [0.4, 0.5) is 5.82 Å². The van der Waals surface area contributed by atoms with Gasteiger partial charge in [-0.1, -0.05) is 12.1 Å². The first-order chi connectivity index (χ1) is 13.2. The summed E-state index contributed by atoms with van der Waals surface area (Å²) in [6.07, 6.45) is 5.49. The molecule has 1 atom stereocenters. The minimum Gasteiger partial charge on any atom is -0.355 e. The highest BCUT2D eigenvalue weighted by atomic mass is 16.2. The van der Waals surface area contributed by atoms with Crippen LogP contribution in [0.25, 0.3) is 11.0 Å². The molecule has 7 nitrogen and oxygen atoms in total. The standard InChI is InChI=1S/C20H24N6O/c21-12-16-4-3-9-26(16)20(27)14-22-15-7-10-25(11-8-15)19-13-23-17-5-1-2-6-18(17)24-19/h1-2,5-6,13,15-16,22H,3-4,7-11,14H2/t16-/m0/s1. The fraction of sp³-hybridized carbons (Fsp3) is 0.500. The Morgan fingerprint density at radius 2 is 1.96 bits per heavy atom. The second-order valence-electron chi connectivity index (χ2n) is 7.23. The Kier molecular flexibility index (Phi) is 5.16. The van der Waals surface area contributed by atoms with Crippen molar-refractivity contribution in [2.75, 3.05) is 31.1 Å². The normalized spacial score (nSPS) is 20.8. The van der Waals surface area contributed by atoms with E-state index < -0.39 is 0 Å². The van der Waals surface area contributed by atoms with Crippen LogP contribution in [-0.4, -0.2) is 59.0 Å². The second-order valence-corrected chi connectivity index (χ2v) is 7.23. The van der Waals surface area contributed by atoms with Gasteiger partial charge in [-0.05, 0) is 37.8 Å². The molecule has 0 saturated carbocycles. The van der Waals surface area contributed by atoms with Crippen LogP contribution in [0.2, 0.25) is 0 Å². The van der Waals surface area contributed by atoms with Crippen molar-refractivity contribution in [2.24, 2.45) is 0 Å². The fourth-order valence-electron chi connectivity index (χ4n) is 3.95. The van der Waals surface area contributed by atoms with Crippen molar-refractivity contribution in [1.82, 2.24) is 20.2 Å². The third kappa shape index (κ3) is 3.86. The van der Waals surface area contributed by atoms with Gasteiger partial charge >= 0.3 is 0 Å². The van der Waals surface area contributed by atoms with Crippen molar-refractivity contribution in [3.05, 3.63) is 30.5 Å². The lowest BCUT2D eigenvalue weighted by Crippen LogP contribution is -2.47. The van der Waals surface area contributed by atoms with E-state index in [1.165, 1.54) is 0 Å². The lowest BCUT2D eigenvalue weighted by atomic mass is 10.1. The summed E-state index contributed by atoms with van der Waals surface area (Å²) >= 11 is 0. The van der Waals surface area contributed by atoms with Crippen molar-refractivity contribution in [1.29, 1.82) is 5.26 Å². The molecule has 2 fully saturated rings. The van der Waals surface area contributed by atoms with Gasteiger partial charge in [0.15, 0.2) is 0 Å². The average molecular weight is 364 g/mol. The highest BCUT2D eigenvalue weighted by Gasteiger charge is 2.29. The maximum atomic E-state index is 12.4. The van der Waals surface area contributed by atoms with Gasteiger partial charge in [-0.15, -0.1) is 0 Å². The van der Waals surface area contributed by atoms with Gasteiger partial charge in [-0.25, -0.2) is 4.98 Å². The molecule has 140 valence electrons. The van der Waals surface area contributed by atoms with Gasteiger partial charge < -0.3 is 15.1 Å². The number of hydrogen-bond donors (Lipinski definition) is 1. The van der Waals surface area contributed by atoms with Crippen LogP contribution in [0.5, 0.6) is 0 Å². The SMILES string of the molecule is N#C[C@@H]1CCCN1C(=O)CNC1CCN(c2cnc3ccccc3n2)CC1. The van der Waals surface area contributed by atoms with E-state index in [-0.39, 0.29) is 11.9 Å². The summed E-state index contributed by atoms with van der Waals surface area (Å²) in [6, 6.07) is 10.2. The number of rotatable bonds is 4. The maximum absolute atomic E-state index is 12.4. The molecule has 0 bridgehead atoms. The topological polar surface area (TPSA) is 85.2 Å². The van der Waals surface area contributed by atoms with E-state index in [4.69, 9.17) is 10.2 Å². The molecular weight excluding hydrogens is 340 g/mol. The third-order valence-electron chi connectivity index (χ3n) is 5.52. The van der Waals surface area contributed by atoms with Gasteiger partial charge in [0, 0.05) is 25.7 Å². The molecule has 1 amide bonds. The predicted molar refractivity (Wildman–Crippen MR) is 103 cm³/mol. The molecule has 3 heterocycles. The lowest BCUT2D eigenvalue weighted by molar-refractivity contribution is -0.130. The molecule has 0 radical (unpaired) electrons. The number of amides is 1. The van der Waals surface area contributed by atoms with Crippen LogP contribution in [0, 0.1) is 11.3 Å². The molecular formula is C20H24N6O.